The lowest BCUT2D eigenvalue weighted by molar-refractivity contribution is 0.794. The minimum atomic E-state index is 0.331. The van der Waals surface area contributed by atoms with E-state index in [0.29, 0.717) is 11.8 Å². The van der Waals surface area contributed by atoms with Crippen LogP contribution in [0.25, 0.3) is 72.1 Å². The number of hydrogen-bond donors (Lipinski definition) is 2. The number of benzene rings is 9. The topological polar surface area (TPSA) is 40.8 Å². The maximum Gasteiger partial charge on any atom is 0.129 e. The van der Waals surface area contributed by atoms with Gasteiger partial charge < -0.3 is 9.88 Å². The van der Waals surface area contributed by atoms with Gasteiger partial charge in [0.1, 0.15) is 5.84 Å². The third kappa shape index (κ3) is 7.23. The van der Waals surface area contributed by atoms with Gasteiger partial charge in [0, 0.05) is 33.6 Å². The van der Waals surface area contributed by atoms with E-state index in [9.17, 15) is 0 Å². The summed E-state index contributed by atoms with van der Waals surface area (Å²) in [6.07, 6.45) is 3.03. The Kier molecular flexibility index (Phi) is 9.99. The first kappa shape index (κ1) is 38.6. The summed E-state index contributed by atoms with van der Waals surface area (Å²) in [5.41, 5.74) is 19.4. The molecule has 1 unspecified atom stereocenters. The van der Waals surface area contributed by atoms with E-state index in [2.05, 4.69) is 192 Å². The van der Waals surface area contributed by atoms with Crippen LogP contribution in [0.1, 0.15) is 39.3 Å². The van der Waals surface area contributed by atoms with Gasteiger partial charge in [0.25, 0.3) is 0 Å². The van der Waals surface area contributed by atoms with Crippen molar-refractivity contribution >= 4 is 38.9 Å². The summed E-state index contributed by atoms with van der Waals surface area (Å²) >= 11 is 0. The number of fused-ring (bicyclic) bond motifs is 6. The second-order valence-electron chi connectivity index (χ2n) is 16.7. The normalized spacial score (nSPS) is 13.3. The van der Waals surface area contributed by atoms with Gasteiger partial charge in [-0.1, -0.05) is 183 Å². The Morgan fingerprint density at radius 1 is 0.500 bits per heavy atom. The van der Waals surface area contributed by atoms with Gasteiger partial charge >= 0.3 is 0 Å². The van der Waals surface area contributed by atoms with E-state index in [4.69, 9.17) is 5.41 Å². The fourth-order valence-electron chi connectivity index (χ4n) is 9.56. The Labute approximate surface area is 374 Å². The summed E-state index contributed by atoms with van der Waals surface area (Å²) in [4.78, 5) is 0. The summed E-state index contributed by atoms with van der Waals surface area (Å²) < 4.78 is 2.39. The second kappa shape index (κ2) is 16.5. The number of nitrogens with zero attached hydrogens (tertiary/aromatic N) is 1. The molecule has 0 saturated heterocycles. The largest absolute Gasteiger partial charge is 0.340 e. The molecule has 0 fully saturated rings. The maximum atomic E-state index is 8.86. The van der Waals surface area contributed by atoms with Crippen molar-refractivity contribution in [2.75, 3.05) is 0 Å². The Morgan fingerprint density at radius 3 is 1.73 bits per heavy atom. The minimum Gasteiger partial charge on any atom is -0.340 e. The Bertz CT molecular complexity index is 3400. The number of allylic oxidation sites excluding steroid dienone is 2. The quantitative estimate of drug-likeness (QED) is 0.0850. The van der Waals surface area contributed by atoms with Crippen molar-refractivity contribution in [3.63, 3.8) is 0 Å². The van der Waals surface area contributed by atoms with E-state index in [1.807, 2.05) is 54.6 Å². The summed E-state index contributed by atoms with van der Waals surface area (Å²) in [7, 11) is 0. The highest BCUT2D eigenvalue weighted by atomic mass is 15.0. The minimum absolute atomic E-state index is 0.331. The van der Waals surface area contributed by atoms with Crippen molar-refractivity contribution in [3.05, 3.63) is 270 Å². The standard InChI is InChI=1S/C61H45N3/c1-41(35-58(43-19-8-3-9-20-43)63-61(62)44-21-10-4-11-22-44)45-23-16-24-46(36-45)48-31-33-59-56(38-48)57-39-49(32-34-60(57)64(59)51-25-12-5-13-26-51)47-29-30-50-40-54(42-17-6-2-7-18-42)52-27-14-15-28-53(52)55(50)37-47/h2-39,54H,1,40H2,(H2,62,63)/b58-35-. The molecule has 0 radical (unpaired) electrons. The van der Waals surface area contributed by atoms with Crippen molar-refractivity contribution in [1.29, 1.82) is 5.41 Å². The summed E-state index contributed by atoms with van der Waals surface area (Å²) in [6, 6.07) is 80.0. The van der Waals surface area contributed by atoms with Gasteiger partial charge in [-0.3, -0.25) is 5.41 Å². The van der Waals surface area contributed by atoms with Gasteiger partial charge in [-0.25, -0.2) is 0 Å². The van der Waals surface area contributed by atoms with E-state index in [-0.39, 0.29) is 0 Å². The molecule has 0 aliphatic heterocycles. The molecular weight excluding hydrogens is 775 g/mol. The van der Waals surface area contributed by atoms with E-state index in [0.717, 1.165) is 56.7 Å². The summed E-state index contributed by atoms with van der Waals surface area (Å²) in [5, 5.41) is 14.6. The molecule has 1 aromatic heterocycles. The van der Waals surface area contributed by atoms with E-state index >= 15 is 0 Å². The summed E-state index contributed by atoms with van der Waals surface area (Å²) in [5.74, 6) is 0.669. The zero-order valence-electron chi connectivity index (χ0n) is 35.4. The first-order valence-corrected chi connectivity index (χ1v) is 21.9. The molecule has 11 rings (SSSR count). The zero-order chi connectivity index (χ0) is 43.0. The number of amidine groups is 1. The lowest BCUT2D eigenvalue weighted by atomic mass is 9.75. The van der Waals surface area contributed by atoms with Crippen molar-refractivity contribution in [1.82, 2.24) is 9.88 Å². The van der Waals surface area contributed by atoms with Crippen LogP contribution < -0.4 is 5.32 Å². The Balaban J connectivity index is 0.980. The number of para-hydroxylation sites is 1. The molecule has 0 bridgehead atoms. The molecule has 1 aliphatic rings. The number of aromatic nitrogens is 1. The molecule has 1 heterocycles. The molecular formula is C61H45N3. The van der Waals surface area contributed by atoms with Crippen molar-refractivity contribution < 1.29 is 0 Å². The van der Waals surface area contributed by atoms with Crippen LogP contribution in [0, 0.1) is 5.41 Å². The van der Waals surface area contributed by atoms with Crippen LogP contribution in [0.4, 0.5) is 0 Å². The van der Waals surface area contributed by atoms with E-state index < -0.39 is 0 Å². The fourth-order valence-corrected chi connectivity index (χ4v) is 9.56. The predicted octanol–water partition coefficient (Wildman–Crippen LogP) is 15.1. The van der Waals surface area contributed by atoms with Crippen LogP contribution in [0.5, 0.6) is 0 Å². The van der Waals surface area contributed by atoms with Gasteiger partial charge in [0.2, 0.25) is 0 Å². The molecule has 0 amide bonds. The molecule has 1 atom stereocenters. The molecule has 304 valence electrons. The van der Waals surface area contributed by atoms with Crippen LogP contribution in [0.2, 0.25) is 0 Å². The van der Waals surface area contributed by atoms with Gasteiger partial charge in [-0.15, -0.1) is 0 Å². The Hall–Kier alpha value is -8.27. The molecule has 10 aromatic rings. The molecule has 1 aliphatic carbocycles. The smallest absolute Gasteiger partial charge is 0.129 e. The lowest BCUT2D eigenvalue weighted by Crippen LogP contribution is -2.22. The van der Waals surface area contributed by atoms with Gasteiger partial charge in [0.05, 0.1) is 11.0 Å². The highest BCUT2D eigenvalue weighted by Crippen LogP contribution is 2.45. The molecule has 64 heavy (non-hydrogen) atoms. The Morgan fingerprint density at radius 2 is 1.05 bits per heavy atom. The van der Waals surface area contributed by atoms with Crippen molar-refractivity contribution in [2.45, 2.75) is 12.3 Å². The fraction of sp³-hybridized carbons (Fsp3) is 0.0328. The summed E-state index contributed by atoms with van der Waals surface area (Å²) in [6.45, 7) is 4.54. The van der Waals surface area contributed by atoms with Crippen LogP contribution in [-0.2, 0) is 6.42 Å². The average Bonchev–Trinajstić information content (AvgIpc) is 3.70. The molecule has 3 nitrogen and oxygen atoms in total. The van der Waals surface area contributed by atoms with Crippen LogP contribution in [0.3, 0.4) is 0 Å². The highest BCUT2D eigenvalue weighted by Gasteiger charge is 2.26. The molecule has 2 N–H and O–H groups in total. The van der Waals surface area contributed by atoms with Crippen LogP contribution >= 0.6 is 0 Å². The monoisotopic (exact) mass is 819 g/mol. The molecule has 0 spiro atoms. The van der Waals surface area contributed by atoms with Gasteiger partial charge in [0.15, 0.2) is 0 Å². The van der Waals surface area contributed by atoms with Crippen LogP contribution in [0.15, 0.2) is 237 Å². The number of hydrogen-bond acceptors (Lipinski definition) is 1. The first-order chi connectivity index (χ1) is 31.6. The maximum absolute atomic E-state index is 8.86. The van der Waals surface area contributed by atoms with Crippen molar-refractivity contribution in [3.8, 4) is 39.1 Å². The molecule has 0 saturated carbocycles. The SMILES string of the molecule is C=C(/C=C(\NC(=N)c1ccccc1)c1ccccc1)c1cccc(-c2ccc3c(c2)c2cc(-c4ccc5c(c4)-c4ccccc4C(c4ccccc4)C5)ccc2n3-c2ccccc2)c1. The predicted molar refractivity (Wildman–Crippen MR) is 269 cm³/mol. The first-order valence-electron chi connectivity index (χ1n) is 21.9. The van der Waals surface area contributed by atoms with E-state index in [1.54, 1.807) is 0 Å². The van der Waals surface area contributed by atoms with Crippen molar-refractivity contribution in [2.24, 2.45) is 0 Å². The average molecular weight is 820 g/mol. The lowest BCUT2D eigenvalue weighted by Gasteiger charge is -2.29. The van der Waals surface area contributed by atoms with Crippen LogP contribution in [-0.4, -0.2) is 10.4 Å². The number of nitrogens with one attached hydrogen (secondary N) is 2. The van der Waals surface area contributed by atoms with Gasteiger partial charge in [-0.05, 0) is 128 Å². The number of rotatable bonds is 9. The third-order valence-corrected chi connectivity index (χ3v) is 12.8. The molecule has 9 aromatic carbocycles. The van der Waals surface area contributed by atoms with E-state index in [1.165, 1.54) is 55.2 Å². The second-order valence-corrected chi connectivity index (χ2v) is 16.7. The van der Waals surface area contributed by atoms with Gasteiger partial charge in [-0.2, -0.15) is 0 Å². The zero-order valence-corrected chi connectivity index (χ0v) is 35.4. The molecule has 3 heteroatoms. The highest BCUT2D eigenvalue weighted by molar-refractivity contribution is 6.12. The third-order valence-electron chi connectivity index (χ3n) is 12.8.